The summed E-state index contributed by atoms with van der Waals surface area (Å²) in [6.07, 6.45) is 6.59. The molecule has 0 amide bonds. The van der Waals surface area contributed by atoms with E-state index in [1.165, 1.54) is 0 Å². The van der Waals surface area contributed by atoms with Gasteiger partial charge in [-0.1, -0.05) is 12.8 Å². The Balaban J connectivity index is 2.44. The van der Waals surface area contributed by atoms with E-state index < -0.39 is 5.60 Å². The number of hydrogen-bond donors (Lipinski definition) is 1. The number of terminal acetylenes is 1. The molecule has 0 saturated heterocycles. The minimum Gasteiger partial charge on any atom is -0.378 e. The molecule has 1 fully saturated rings. The molecule has 1 rings (SSSR count). The topological polar surface area (TPSA) is 20.2 Å². The molecule has 0 aromatic heterocycles. The Hall–Kier alpha value is -0.480. The van der Waals surface area contributed by atoms with E-state index in [4.69, 9.17) is 11.5 Å². The molecule has 0 aromatic rings. The zero-order valence-electron chi connectivity index (χ0n) is 5.02. The molecular formula is C7H10O. The third kappa shape index (κ3) is 0.719. The minimum atomic E-state index is -0.737. The van der Waals surface area contributed by atoms with Crippen molar-refractivity contribution in [2.75, 3.05) is 0 Å². The van der Waals surface area contributed by atoms with Gasteiger partial charge in [0.05, 0.1) is 0 Å². The molecule has 0 heterocycles. The van der Waals surface area contributed by atoms with Crippen molar-refractivity contribution in [1.29, 1.82) is 0 Å². The summed E-state index contributed by atoms with van der Waals surface area (Å²) in [5.41, 5.74) is -0.737. The third-order valence-electron chi connectivity index (χ3n) is 1.64. The van der Waals surface area contributed by atoms with Crippen LogP contribution in [0.5, 0.6) is 0 Å². The van der Waals surface area contributed by atoms with Crippen molar-refractivity contribution in [1.82, 2.24) is 0 Å². The Kier molecular flexibility index (Phi) is 1.06. The molecule has 44 valence electrons. The lowest BCUT2D eigenvalue weighted by Gasteiger charge is -2.37. The van der Waals surface area contributed by atoms with Gasteiger partial charge < -0.3 is 5.11 Å². The van der Waals surface area contributed by atoms with Gasteiger partial charge in [-0.15, -0.1) is 6.42 Å². The molecule has 1 nitrogen and oxygen atoms in total. The lowest BCUT2D eigenvalue weighted by molar-refractivity contribution is -0.0147. The molecule has 1 N–H and O–H groups in total. The molecule has 1 aliphatic rings. The van der Waals surface area contributed by atoms with Gasteiger partial charge in [-0.25, -0.2) is 0 Å². The summed E-state index contributed by atoms with van der Waals surface area (Å²) in [6.45, 7) is 2.09. The first-order chi connectivity index (χ1) is 3.66. The largest absolute Gasteiger partial charge is 0.378 e. The summed E-state index contributed by atoms with van der Waals surface area (Å²) in [7, 11) is 0. The van der Waals surface area contributed by atoms with Crippen LogP contribution in [0.3, 0.4) is 0 Å². The third-order valence-corrected chi connectivity index (χ3v) is 1.64. The van der Waals surface area contributed by atoms with Gasteiger partial charge in [0.2, 0.25) is 0 Å². The molecule has 1 saturated carbocycles. The summed E-state index contributed by atoms with van der Waals surface area (Å²) >= 11 is 0. The number of aliphatic hydroxyl groups is 1. The first-order valence-corrected chi connectivity index (χ1v) is 2.86. The highest BCUT2D eigenvalue weighted by molar-refractivity contribution is 5.13. The van der Waals surface area contributed by atoms with E-state index in [2.05, 4.69) is 12.8 Å². The molecule has 1 heteroatoms. The van der Waals surface area contributed by atoms with E-state index in [9.17, 15) is 0 Å². The average molecular weight is 110 g/mol. The molecule has 0 aliphatic heterocycles. The second kappa shape index (κ2) is 1.50. The molecule has 0 unspecified atom stereocenters. The zero-order chi connectivity index (χ0) is 6.20. The lowest BCUT2D eigenvalue weighted by atomic mass is 9.73. The van der Waals surface area contributed by atoms with Crippen LogP contribution in [-0.2, 0) is 0 Å². The highest BCUT2D eigenvalue weighted by Gasteiger charge is 2.37. The van der Waals surface area contributed by atoms with Gasteiger partial charge in [0, 0.05) is 0 Å². The molecule has 8 heavy (non-hydrogen) atoms. The Labute approximate surface area is 49.7 Å². The molecular weight excluding hydrogens is 100 g/mol. The van der Waals surface area contributed by atoms with E-state index in [1.807, 2.05) is 0 Å². The summed E-state index contributed by atoms with van der Waals surface area (Å²) < 4.78 is 0. The predicted octanol–water partition coefficient (Wildman–Crippen LogP) is 0.781. The van der Waals surface area contributed by atoms with Crippen LogP contribution in [0.25, 0.3) is 0 Å². The Bertz CT molecular complexity index is 126. The smallest absolute Gasteiger partial charge is 0.125 e. The van der Waals surface area contributed by atoms with Gasteiger partial charge >= 0.3 is 0 Å². The fraction of sp³-hybridized carbons (Fsp3) is 0.714. The summed E-state index contributed by atoms with van der Waals surface area (Å²) in [5.74, 6) is 2.99. The first-order valence-electron chi connectivity index (χ1n) is 2.86. The quantitative estimate of drug-likeness (QED) is 0.457. The number of rotatable bonds is 0. The second-order valence-electron chi connectivity index (χ2n) is 2.69. The zero-order valence-corrected chi connectivity index (χ0v) is 5.02. The average Bonchev–Trinajstić information content (AvgIpc) is 1.63. The van der Waals surface area contributed by atoms with Crippen molar-refractivity contribution in [2.24, 2.45) is 5.92 Å². The molecule has 0 radical (unpaired) electrons. The Morgan fingerprint density at radius 3 is 2.38 bits per heavy atom. The van der Waals surface area contributed by atoms with Crippen LogP contribution < -0.4 is 0 Å². The van der Waals surface area contributed by atoms with Crippen LogP contribution in [0.4, 0.5) is 0 Å². The lowest BCUT2D eigenvalue weighted by Crippen LogP contribution is -2.40. The minimum absolute atomic E-state index is 0.621. The number of hydrogen-bond acceptors (Lipinski definition) is 1. The second-order valence-corrected chi connectivity index (χ2v) is 2.69. The van der Waals surface area contributed by atoms with Crippen LogP contribution in [-0.4, -0.2) is 10.7 Å². The SMILES string of the molecule is C#CC1(O)CC(C)C1. The molecule has 0 atom stereocenters. The maximum absolute atomic E-state index is 9.15. The standard InChI is InChI=1S/C7H10O/c1-3-7(8)4-6(2)5-7/h1,6,8H,4-5H2,2H3. The summed E-state index contributed by atoms with van der Waals surface area (Å²) in [4.78, 5) is 0. The van der Waals surface area contributed by atoms with Crippen molar-refractivity contribution in [2.45, 2.75) is 25.4 Å². The van der Waals surface area contributed by atoms with Crippen molar-refractivity contribution in [3.63, 3.8) is 0 Å². The van der Waals surface area contributed by atoms with E-state index in [1.54, 1.807) is 0 Å². The summed E-state index contributed by atoms with van der Waals surface area (Å²) in [5, 5.41) is 9.15. The molecule has 0 spiro atoms. The van der Waals surface area contributed by atoms with E-state index in [0.29, 0.717) is 5.92 Å². The van der Waals surface area contributed by atoms with Gasteiger partial charge in [-0.05, 0) is 18.8 Å². The highest BCUT2D eigenvalue weighted by atomic mass is 16.3. The van der Waals surface area contributed by atoms with Crippen LogP contribution in [0.1, 0.15) is 19.8 Å². The fourth-order valence-corrected chi connectivity index (χ4v) is 1.21. The van der Waals surface area contributed by atoms with Gasteiger partial charge in [0.1, 0.15) is 5.60 Å². The van der Waals surface area contributed by atoms with Gasteiger partial charge in [0.15, 0.2) is 0 Å². The van der Waals surface area contributed by atoms with E-state index in [-0.39, 0.29) is 0 Å². The van der Waals surface area contributed by atoms with Crippen LogP contribution in [0.2, 0.25) is 0 Å². The van der Waals surface area contributed by atoms with Crippen molar-refractivity contribution in [3.05, 3.63) is 0 Å². The summed E-state index contributed by atoms with van der Waals surface area (Å²) in [6, 6.07) is 0. The predicted molar refractivity (Wildman–Crippen MR) is 32.2 cm³/mol. The van der Waals surface area contributed by atoms with Crippen molar-refractivity contribution in [3.8, 4) is 12.3 Å². The molecule has 0 bridgehead atoms. The molecule has 0 aromatic carbocycles. The van der Waals surface area contributed by atoms with Crippen LogP contribution >= 0.6 is 0 Å². The van der Waals surface area contributed by atoms with Crippen molar-refractivity contribution < 1.29 is 5.11 Å². The van der Waals surface area contributed by atoms with E-state index in [0.717, 1.165) is 12.8 Å². The fourth-order valence-electron chi connectivity index (χ4n) is 1.21. The maximum Gasteiger partial charge on any atom is 0.125 e. The van der Waals surface area contributed by atoms with Gasteiger partial charge in [-0.2, -0.15) is 0 Å². The van der Waals surface area contributed by atoms with Gasteiger partial charge in [0.25, 0.3) is 0 Å². The monoisotopic (exact) mass is 110 g/mol. The van der Waals surface area contributed by atoms with Gasteiger partial charge in [-0.3, -0.25) is 0 Å². The van der Waals surface area contributed by atoms with Crippen LogP contribution in [0, 0.1) is 18.3 Å². The van der Waals surface area contributed by atoms with Crippen molar-refractivity contribution >= 4 is 0 Å². The maximum atomic E-state index is 9.15. The molecule has 1 aliphatic carbocycles. The Morgan fingerprint density at radius 1 is 1.75 bits per heavy atom. The normalized spacial score (nSPS) is 44.9. The Morgan fingerprint density at radius 2 is 2.25 bits per heavy atom. The first kappa shape index (κ1) is 5.65. The van der Waals surface area contributed by atoms with Crippen LogP contribution in [0.15, 0.2) is 0 Å². The highest BCUT2D eigenvalue weighted by Crippen LogP contribution is 2.36. The van der Waals surface area contributed by atoms with E-state index >= 15 is 0 Å².